The standard InChI is InChI=1S/C14H10F3N3O/c1-20-8-10(7-19-20)13(21)12(6-18)9-3-2-4-11(5-9)14(15,16)17/h2-5,7-8,12H,1H3. The third-order valence-electron chi connectivity index (χ3n) is 2.93. The number of ketones is 1. The maximum atomic E-state index is 12.7. The Balaban J connectivity index is 2.39. The van der Waals surface area contributed by atoms with Crippen LogP contribution in [0.25, 0.3) is 0 Å². The average Bonchev–Trinajstić information content (AvgIpc) is 2.85. The average molecular weight is 293 g/mol. The van der Waals surface area contributed by atoms with E-state index in [0.29, 0.717) is 0 Å². The Kier molecular flexibility index (Phi) is 3.80. The van der Waals surface area contributed by atoms with Crippen LogP contribution in [-0.4, -0.2) is 15.6 Å². The highest BCUT2D eigenvalue weighted by Crippen LogP contribution is 2.31. The number of nitrogens with zero attached hydrogens (tertiary/aromatic N) is 3. The number of rotatable bonds is 3. The monoisotopic (exact) mass is 293 g/mol. The molecule has 0 aliphatic rings. The minimum Gasteiger partial charge on any atom is -0.292 e. The third-order valence-corrected chi connectivity index (χ3v) is 2.93. The summed E-state index contributed by atoms with van der Waals surface area (Å²) in [5, 5.41) is 12.9. The lowest BCUT2D eigenvalue weighted by Gasteiger charge is -2.11. The molecule has 7 heteroatoms. The van der Waals surface area contributed by atoms with Crippen molar-refractivity contribution in [2.24, 2.45) is 7.05 Å². The summed E-state index contributed by atoms with van der Waals surface area (Å²) in [5.41, 5.74) is -0.693. The second-order valence-corrected chi connectivity index (χ2v) is 4.45. The second-order valence-electron chi connectivity index (χ2n) is 4.45. The van der Waals surface area contributed by atoms with Crippen LogP contribution in [0.3, 0.4) is 0 Å². The number of hydrogen-bond acceptors (Lipinski definition) is 3. The van der Waals surface area contributed by atoms with E-state index in [0.717, 1.165) is 12.1 Å². The number of halogens is 3. The Bertz CT molecular complexity index is 713. The Labute approximate surface area is 118 Å². The van der Waals surface area contributed by atoms with Crippen LogP contribution >= 0.6 is 0 Å². The van der Waals surface area contributed by atoms with Gasteiger partial charge in [-0.15, -0.1) is 0 Å². The highest BCUT2D eigenvalue weighted by atomic mass is 19.4. The molecule has 0 aliphatic heterocycles. The molecule has 1 atom stereocenters. The highest BCUT2D eigenvalue weighted by molar-refractivity contribution is 6.02. The van der Waals surface area contributed by atoms with Gasteiger partial charge in [-0.3, -0.25) is 9.48 Å². The lowest BCUT2D eigenvalue weighted by Crippen LogP contribution is -2.12. The lowest BCUT2D eigenvalue weighted by molar-refractivity contribution is -0.137. The molecule has 0 amide bonds. The summed E-state index contributed by atoms with van der Waals surface area (Å²) in [4.78, 5) is 12.2. The van der Waals surface area contributed by atoms with Gasteiger partial charge in [0, 0.05) is 13.2 Å². The summed E-state index contributed by atoms with van der Waals surface area (Å²) in [7, 11) is 1.60. The van der Waals surface area contributed by atoms with E-state index in [1.807, 2.05) is 0 Å². The van der Waals surface area contributed by atoms with E-state index in [1.54, 1.807) is 13.1 Å². The SMILES string of the molecule is Cn1cc(C(=O)C(C#N)c2cccc(C(F)(F)F)c2)cn1. The summed E-state index contributed by atoms with van der Waals surface area (Å²) in [5.74, 6) is -1.87. The number of aryl methyl sites for hydroxylation is 1. The van der Waals surface area contributed by atoms with Crippen LogP contribution in [0.5, 0.6) is 0 Å². The van der Waals surface area contributed by atoms with Crippen molar-refractivity contribution in [3.05, 3.63) is 53.3 Å². The van der Waals surface area contributed by atoms with Crippen molar-refractivity contribution in [2.45, 2.75) is 12.1 Å². The van der Waals surface area contributed by atoms with E-state index < -0.39 is 23.4 Å². The number of carbonyl (C=O) groups is 1. The Morgan fingerprint density at radius 1 is 1.43 bits per heavy atom. The number of alkyl halides is 3. The fourth-order valence-electron chi connectivity index (χ4n) is 1.89. The van der Waals surface area contributed by atoms with Gasteiger partial charge in [-0.05, 0) is 11.6 Å². The predicted octanol–water partition coefficient (Wildman–Crippen LogP) is 2.93. The van der Waals surface area contributed by atoms with Gasteiger partial charge < -0.3 is 0 Å². The summed E-state index contributed by atoms with van der Waals surface area (Å²) in [6, 6.07) is 5.98. The zero-order chi connectivity index (χ0) is 15.6. The number of nitriles is 1. The molecule has 21 heavy (non-hydrogen) atoms. The van der Waals surface area contributed by atoms with E-state index in [4.69, 9.17) is 5.26 Å². The fraction of sp³-hybridized carbons (Fsp3) is 0.214. The van der Waals surface area contributed by atoms with Crippen LogP contribution in [0.4, 0.5) is 13.2 Å². The van der Waals surface area contributed by atoms with E-state index in [1.165, 1.54) is 29.2 Å². The molecule has 1 aromatic heterocycles. The van der Waals surface area contributed by atoms with Crippen molar-refractivity contribution in [1.29, 1.82) is 5.26 Å². The van der Waals surface area contributed by atoms with Gasteiger partial charge in [-0.2, -0.15) is 23.5 Å². The molecule has 1 heterocycles. The maximum absolute atomic E-state index is 12.7. The number of carbonyl (C=O) groups excluding carboxylic acids is 1. The van der Waals surface area contributed by atoms with Crippen LogP contribution in [0, 0.1) is 11.3 Å². The molecule has 4 nitrogen and oxygen atoms in total. The van der Waals surface area contributed by atoms with Crippen molar-refractivity contribution >= 4 is 5.78 Å². The topological polar surface area (TPSA) is 58.7 Å². The van der Waals surface area contributed by atoms with Crippen molar-refractivity contribution in [3.63, 3.8) is 0 Å². The molecule has 0 saturated carbocycles. The zero-order valence-electron chi connectivity index (χ0n) is 10.9. The molecule has 0 N–H and O–H groups in total. The summed E-state index contributed by atoms with van der Waals surface area (Å²) in [6.07, 6.45) is -1.83. The van der Waals surface area contributed by atoms with Gasteiger partial charge in [0.1, 0.15) is 5.92 Å². The van der Waals surface area contributed by atoms with Gasteiger partial charge in [0.2, 0.25) is 0 Å². The smallest absolute Gasteiger partial charge is 0.292 e. The van der Waals surface area contributed by atoms with E-state index in [2.05, 4.69) is 5.10 Å². The van der Waals surface area contributed by atoms with Crippen molar-refractivity contribution < 1.29 is 18.0 Å². The molecule has 1 unspecified atom stereocenters. The van der Waals surface area contributed by atoms with Crippen LogP contribution in [0.1, 0.15) is 27.4 Å². The Hall–Kier alpha value is -2.62. The molecular weight excluding hydrogens is 283 g/mol. The molecular formula is C14H10F3N3O. The molecule has 2 rings (SSSR count). The molecule has 0 bridgehead atoms. The molecule has 0 radical (unpaired) electrons. The molecule has 1 aromatic carbocycles. The van der Waals surface area contributed by atoms with Crippen molar-refractivity contribution in [3.8, 4) is 6.07 Å². The lowest BCUT2D eigenvalue weighted by atomic mass is 9.92. The third kappa shape index (κ3) is 3.11. The number of hydrogen-bond donors (Lipinski definition) is 0. The number of aromatic nitrogens is 2. The minimum atomic E-state index is -4.52. The normalized spacial score (nSPS) is 12.7. The van der Waals surface area contributed by atoms with Crippen molar-refractivity contribution in [2.75, 3.05) is 0 Å². The predicted molar refractivity (Wildman–Crippen MR) is 67.3 cm³/mol. The first kappa shape index (κ1) is 14.8. The summed E-state index contributed by atoms with van der Waals surface area (Å²) < 4.78 is 39.4. The first-order valence-electron chi connectivity index (χ1n) is 5.92. The van der Waals surface area contributed by atoms with Gasteiger partial charge in [0.25, 0.3) is 0 Å². The number of benzene rings is 1. The van der Waals surface area contributed by atoms with Crippen LogP contribution in [0.2, 0.25) is 0 Å². The molecule has 108 valence electrons. The van der Waals surface area contributed by atoms with E-state index >= 15 is 0 Å². The minimum absolute atomic E-state index is 0.0150. The summed E-state index contributed by atoms with van der Waals surface area (Å²) >= 11 is 0. The van der Waals surface area contributed by atoms with Crippen LogP contribution < -0.4 is 0 Å². The first-order chi connectivity index (χ1) is 9.82. The first-order valence-corrected chi connectivity index (χ1v) is 5.92. The molecule has 2 aromatic rings. The van der Waals surface area contributed by atoms with Crippen LogP contribution in [-0.2, 0) is 13.2 Å². The van der Waals surface area contributed by atoms with Crippen LogP contribution in [0.15, 0.2) is 36.7 Å². The quantitative estimate of drug-likeness (QED) is 0.817. The van der Waals surface area contributed by atoms with Gasteiger partial charge in [0.15, 0.2) is 5.78 Å². The molecule has 0 saturated heterocycles. The largest absolute Gasteiger partial charge is 0.416 e. The van der Waals surface area contributed by atoms with Gasteiger partial charge in [0.05, 0.1) is 23.4 Å². The van der Waals surface area contributed by atoms with E-state index in [-0.39, 0.29) is 11.1 Å². The second kappa shape index (κ2) is 5.40. The van der Waals surface area contributed by atoms with Crippen molar-refractivity contribution in [1.82, 2.24) is 9.78 Å². The van der Waals surface area contributed by atoms with Gasteiger partial charge >= 0.3 is 6.18 Å². The molecule has 0 fully saturated rings. The fourth-order valence-corrected chi connectivity index (χ4v) is 1.89. The van der Waals surface area contributed by atoms with E-state index in [9.17, 15) is 18.0 Å². The Morgan fingerprint density at radius 3 is 2.67 bits per heavy atom. The molecule has 0 spiro atoms. The van der Waals surface area contributed by atoms with Gasteiger partial charge in [-0.1, -0.05) is 18.2 Å². The Morgan fingerprint density at radius 2 is 2.14 bits per heavy atom. The highest BCUT2D eigenvalue weighted by Gasteiger charge is 2.32. The summed E-state index contributed by atoms with van der Waals surface area (Å²) in [6.45, 7) is 0. The maximum Gasteiger partial charge on any atom is 0.416 e. The zero-order valence-corrected chi connectivity index (χ0v) is 10.9. The number of Topliss-reactive ketones (excluding diaryl/α,β-unsaturated/α-hetero) is 1. The van der Waals surface area contributed by atoms with Gasteiger partial charge in [-0.25, -0.2) is 0 Å². The molecule has 0 aliphatic carbocycles.